The van der Waals surface area contributed by atoms with Gasteiger partial charge in [0.1, 0.15) is 5.75 Å². The Morgan fingerprint density at radius 1 is 0.900 bits per heavy atom. The molecule has 1 atom stereocenters. The SMILES string of the molecule is COc1ccc(CC(CBr)Cc2ccc(Br)cc2)cc1. The van der Waals surface area contributed by atoms with Crippen molar-refractivity contribution < 1.29 is 4.74 Å². The average Bonchev–Trinajstić information content (AvgIpc) is 2.49. The first-order chi connectivity index (χ1) is 9.71. The first-order valence-corrected chi connectivity index (χ1v) is 8.56. The highest BCUT2D eigenvalue weighted by Crippen LogP contribution is 2.20. The summed E-state index contributed by atoms with van der Waals surface area (Å²) in [6.45, 7) is 0. The lowest BCUT2D eigenvalue weighted by molar-refractivity contribution is 0.414. The lowest BCUT2D eigenvalue weighted by atomic mass is 9.94. The highest BCUT2D eigenvalue weighted by atomic mass is 79.9. The monoisotopic (exact) mass is 396 g/mol. The molecule has 2 aromatic rings. The Morgan fingerprint density at radius 3 is 1.85 bits per heavy atom. The predicted octanol–water partition coefficient (Wildman–Crippen LogP) is 5.25. The normalized spacial score (nSPS) is 12.2. The Hall–Kier alpha value is -0.800. The molecule has 3 heteroatoms. The third-order valence-electron chi connectivity index (χ3n) is 3.34. The summed E-state index contributed by atoms with van der Waals surface area (Å²) >= 11 is 7.11. The van der Waals surface area contributed by atoms with Crippen LogP contribution < -0.4 is 4.74 Å². The van der Waals surface area contributed by atoms with E-state index in [1.165, 1.54) is 11.1 Å². The van der Waals surface area contributed by atoms with Gasteiger partial charge in [-0.1, -0.05) is 56.1 Å². The lowest BCUT2D eigenvalue weighted by Crippen LogP contribution is -2.09. The number of ether oxygens (including phenoxy) is 1. The topological polar surface area (TPSA) is 9.23 Å². The Labute approximate surface area is 137 Å². The number of methoxy groups -OCH3 is 1. The second-order valence-corrected chi connectivity index (χ2v) is 6.47. The molecule has 0 heterocycles. The van der Waals surface area contributed by atoms with Crippen molar-refractivity contribution in [3.05, 3.63) is 64.1 Å². The van der Waals surface area contributed by atoms with Crippen molar-refractivity contribution in [3.8, 4) is 5.75 Å². The van der Waals surface area contributed by atoms with Crippen molar-refractivity contribution in [2.75, 3.05) is 12.4 Å². The van der Waals surface area contributed by atoms with E-state index >= 15 is 0 Å². The van der Waals surface area contributed by atoms with Gasteiger partial charge in [-0.2, -0.15) is 0 Å². The molecule has 0 saturated carbocycles. The largest absolute Gasteiger partial charge is 0.497 e. The summed E-state index contributed by atoms with van der Waals surface area (Å²) in [5.74, 6) is 1.52. The first kappa shape index (κ1) is 15.6. The molecule has 0 N–H and O–H groups in total. The number of halogens is 2. The molecule has 0 aliphatic carbocycles. The van der Waals surface area contributed by atoms with Gasteiger partial charge in [0.15, 0.2) is 0 Å². The van der Waals surface area contributed by atoms with Gasteiger partial charge in [0, 0.05) is 9.80 Å². The molecular weight excluding hydrogens is 380 g/mol. The Morgan fingerprint density at radius 2 is 1.40 bits per heavy atom. The van der Waals surface area contributed by atoms with Crippen molar-refractivity contribution in [1.82, 2.24) is 0 Å². The maximum Gasteiger partial charge on any atom is 0.118 e. The van der Waals surface area contributed by atoms with Crippen LogP contribution in [0.2, 0.25) is 0 Å². The van der Waals surface area contributed by atoms with E-state index in [0.717, 1.165) is 28.4 Å². The second kappa shape index (κ2) is 7.84. The molecule has 1 unspecified atom stereocenters. The van der Waals surface area contributed by atoms with Crippen LogP contribution in [-0.2, 0) is 12.8 Å². The molecule has 0 bridgehead atoms. The van der Waals surface area contributed by atoms with Crippen LogP contribution in [-0.4, -0.2) is 12.4 Å². The molecule has 106 valence electrons. The maximum absolute atomic E-state index is 5.19. The van der Waals surface area contributed by atoms with E-state index in [-0.39, 0.29) is 0 Å². The number of hydrogen-bond acceptors (Lipinski definition) is 1. The van der Waals surface area contributed by atoms with Crippen LogP contribution in [0.1, 0.15) is 11.1 Å². The zero-order valence-corrected chi connectivity index (χ0v) is 14.7. The van der Waals surface area contributed by atoms with E-state index in [2.05, 4.69) is 68.3 Å². The highest BCUT2D eigenvalue weighted by Gasteiger charge is 2.10. The van der Waals surface area contributed by atoms with E-state index in [0.29, 0.717) is 5.92 Å². The number of benzene rings is 2. The van der Waals surface area contributed by atoms with Crippen LogP contribution in [0.15, 0.2) is 53.0 Å². The van der Waals surface area contributed by atoms with Crippen LogP contribution in [0, 0.1) is 5.92 Å². The first-order valence-electron chi connectivity index (χ1n) is 6.64. The van der Waals surface area contributed by atoms with E-state index in [1.54, 1.807) is 7.11 Å². The molecule has 0 fully saturated rings. The lowest BCUT2D eigenvalue weighted by Gasteiger charge is -2.14. The van der Waals surface area contributed by atoms with Gasteiger partial charge in [-0.05, 0) is 54.2 Å². The fourth-order valence-electron chi connectivity index (χ4n) is 2.23. The van der Waals surface area contributed by atoms with Crippen LogP contribution in [0.3, 0.4) is 0 Å². The summed E-state index contributed by atoms with van der Waals surface area (Å²) < 4.78 is 6.32. The summed E-state index contributed by atoms with van der Waals surface area (Å²) in [5, 5.41) is 1.01. The van der Waals surface area contributed by atoms with Gasteiger partial charge in [-0.15, -0.1) is 0 Å². The fourth-order valence-corrected chi connectivity index (χ4v) is 2.95. The molecule has 2 rings (SSSR count). The zero-order chi connectivity index (χ0) is 14.4. The van der Waals surface area contributed by atoms with Crippen LogP contribution >= 0.6 is 31.9 Å². The zero-order valence-electron chi connectivity index (χ0n) is 11.5. The molecule has 20 heavy (non-hydrogen) atoms. The molecule has 0 aliphatic rings. The van der Waals surface area contributed by atoms with Crippen molar-refractivity contribution in [2.24, 2.45) is 5.92 Å². The molecule has 0 aliphatic heterocycles. The minimum Gasteiger partial charge on any atom is -0.497 e. The van der Waals surface area contributed by atoms with Gasteiger partial charge < -0.3 is 4.74 Å². The summed E-state index contributed by atoms with van der Waals surface area (Å²) in [7, 11) is 1.70. The molecule has 2 aromatic carbocycles. The quantitative estimate of drug-likeness (QED) is 0.604. The second-order valence-electron chi connectivity index (χ2n) is 4.90. The Balaban J connectivity index is 1.99. The smallest absolute Gasteiger partial charge is 0.118 e. The summed E-state index contributed by atoms with van der Waals surface area (Å²) in [4.78, 5) is 0. The van der Waals surface area contributed by atoms with Gasteiger partial charge in [0.25, 0.3) is 0 Å². The number of rotatable bonds is 6. The van der Waals surface area contributed by atoms with Gasteiger partial charge in [0.2, 0.25) is 0 Å². The Kier molecular flexibility index (Phi) is 6.11. The van der Waals surface area contributed by atoms with E-state index in [1.807, 2.05) is 12.1 Å². The van der Waals surface area contributed by atoms with Gasteiger partial charge >= 0.3 is 0 Å². The van der Waals surface area contributed by atoms with Crippen LogP contribution in [0.4, 0.5) is 0 Å². The van der Waals surface area contributed by atoms with Crippen molar-refractivity contribution in [2.45, 2.75) is 12.8 Å². The molecule has 0 spiro atoms. The number of hydrogen-bond donors (Lipinski definition) is 0. The summed E-state index contributed by atoms with van der Waals surface area (Å²) in [6, 6.07) is 16.9. The van der Waals surface area contributed by atoms with Crippen molar-refractivity contribution >= 4 is 31.9 Å². The molecule has 0 amide bonds. The Bertz CT molecular complexity index is 520. The highest BCUT2D eigenvalue weighted by molar-refractivity contribution is 9.10. The van der Waals surface area contributed by atoms with E-state index < -0.39 is 0 Å². The molecule has 0 radical (unpaired) electrons. The van der Waals surface area contributed by atoms with Crippen LogP contribution in [0.25, 0.3) is 0 Å². The van der Waals surface area contributed by atoms with E-state index in [4.69, 9.17) is 4.74 Å². The third kappa shape index (κ3) is 4.64. The molecule has 0 saturated heterocycles. The predicted molar refractivity (Wildman–Crippen MR) is 91.8 cm³/mol. The molecular formula is C17H18Br2O. The minimum absolute atomic E-state index is 0.601. The summed E-state index contributed by atoms with van der Waals surface area (Å²) in [6.07, 6.45) is 2.16. The van der Waals surface area contributed by atoms with Gasteiger partial charge in [0.05, 0.1) is 7.11 Å². The molecule has 0 aromatic heterocycles. The maximum atomic E-state index is 5.19. The third-order valence-corrected chi connectivity index (χ3v) is 4.78. The van der Waals surface area contributed by atoms with Gasteiger partial charge in [-0.25, -0.2) is 0 Å². The number of alkyl halides is 1. The average molecular weight is 398 g/mol. The minimum atomic E-state index is 0.601. The fraction of sp³-hybridized carbons (Fsp3) is 0.294. The van der Waals surface area contributed by atoms with Crippen molar-refractivity contribution in [3.63, 3.8) is 0 Å². The standard InChI is InChI=1S/C17H18Br2O/c1-20-17-8-4-14(5-9-17)11-15(12-18)10-13-2-6-16(19)7-3-13/h2-9,15H,10-12H2,1H3. The van der Waals surface area contributed by atoms with Crippen LogP contribution in [0.5, 0.6) is 5.75 Å². The van der Waals surface area contributed by atoms with Gasteiger partial charge in [-0.3, -0.25) is 0 Å². The van der Waals surface area contributed by atoms with Crippen molar-refractivity contribution in [1.29, 1.82) is 0 Å². The molecule has 1 nitrogen and oxygen atoms in total. The summed E-state index contributed by atoms with van der Waals surface area (Å²) in [5.41, 5.74) is 2.73. The van der Waals surface area contributed by atoms with E-state index in [9.17, 15) is 0 Å².